The number of esters is 1. The molecule has 1 heterocycles. The molecule has 18 heavy (non-hydrogen) atoms. The predicted molar refractivity (Wildman–Crippen MR) is 74.8 cm³/mol. The van der Waals surface area contributed by atoms with E-state index < -0.39 is 17.6 Å². The highest BCUT2D eigenvalue weighted by Crippen LogP contribution is 2.22. The maximum atomic E-state index is 11.8. The molecule has 1 aromatic heterocycles. The third-order valence-corrected chi connectivity index (χ3v) is 3.53. The summed E-state index contributed by atoms with van der Waals surface area (Å²) < 4.78 is 6.05. The number of hydrogen-bond donors (Lipinski definition) is 1. The molecule has 100 valence electrons. The molecule has 0 unspecified atom stereocenters. The zero-order valence-electron chi connectivity index (χ0n) is 10.7. The Labute approximate surface area is 119 Å². The highest BCUT2D eigenvalue weighted by molar-refractivity contribution is 9.11. The average Bonchev–Trinajstić information content (AvgIpc) is 2.62. The van der Waals surface area contributed by atoms with Gasteiger partial charge in [0.25, 0.3) is 5.91 Å². The Morgan fingerprint density at radius 1 is 1.39 bits per heavy atom. The lowest BCUT2D eigenvalue weighted by Crippen LogP contribution is -2.41. The van der Waals surface area contributed by atoms with Crippen LogP contribution in [0.5, 0.6) is 0 Å². The van der Waals surface area contributed by atoms with Gasteiger partial charge in [-0.05, 0) is 55.8 Å². The maximum absolute atomic E-state index is 11.8. The summed E-state index contributed by atoms with van der Waals surface area (Å²) in [7, 11) is 0. The Kier molecular flexibility index (Phi) is 4.92. The van der Waals surface area contributed by atoms with Crippen molar-refractivity contribution < 1.29 is 14.3 Å². The molecular weight excluding hydrogens is 318 g/mol. The summed E-state index contributed by atoms with van der Waals surface area (Å²) in [6.45, 7) is 6.97. The molecule has 0 aromatic carbocycles. The molecule has 0 fully saturated rings. The summed E-state index contributed by atoms with van der Waals surface area (Å²) in [6, 6.07) is 2.82. The third kappa shape index (κ3) is 4.78. The van der Waals surface area contributed by atoms with Crippen molar-refractivity contribution >= 4 is 39.1 Å². The van der Waals surface area contributed by atoms with Crippen molar-refractivity contribution in [2.24, 2.45) is 0 Å². The molecule has 4 nitrogen and oxygen atoms in total. The molecule has 1 atom stereocenters. The molecule has 0 aliphatic rings. The van der Waals surface area contributed by atoms with E-state index in [-0.39, 0.29) is 5.91 Å². The Balaban J connectivity index is 2.57. The van der Waals surface area contributed by atoms with E-state index in [2.05, 4.69) is 21.2 Å². The first kappa shape index (κ1) is 15.2. The number of thiophene rings is 1. The Morgan fingerprint density at radius 2 is 2.00 bits per heavy atom. The first-order chi connectivity index (χ1) is 8.19. The topological polar surface area (TPSA) is 55.4 Å². The number of rotatable bonds is 3. The molecule has 0 saturated heterocycles. The molecule has 1 amide bonds. The van der Waals surface area contributed by atoms with Crippen LogP contribution in [-0.4, -0.2) is 23.5 Å². The van der Waals surface area contributed by atoms with E-state index in [1.165, 1.54) is 11.3 Å². The summed E-state index contributed by atoms with van der Waals surface area (Å²) >= 11 is 4.60. The molecule has 0 saturated carbocycles. The van der Waals surface area contributed by atoms with Crippen LogP contribution in [0.15, 0.2) is 15.9 Å². The SMILES string of the molecule is C[C@@H](NC(=O)c1ccc(Br)s1)C(=O)OC(C)(C)C. The lowest BCUT2D eigenvalue weighted by molar-refractivity contribution is -0.156. The van der Waals surface area contributed by atoms with E-state index in [0.29, 0.717) is 4.88 Å². The third-order valence-electron chi connectivity index (χ3n) is 1.90. The average molecular weight is 334 g/mol. The van der Waals surface area contributed by atoms with Gasteiger partial charge in [0.1, 0.15) is 11.6 Å². The lowest BCUT2D eigenvalue weighted by atomic mass is 10.2. The summed E-state index contributed by atoms with van der Waals surface area (Å²) in [5, 5.41) is 2.61. The Hall–Kier alpha value is -0.880. The number of halogens is 1. The minimum Gasteiger partial charge on any atom is -0.458 e. The van der Waals surface area contributed by atoms with Crippen molar-refractivity contribution in [2.75, 3.05) is 0 Å². The van der Waals surface area contributed by atoms with Crippen LogP contribution in [0.3, 0.4) is 0 Å². The fourth-order valence-corrected chi connectivity index (χ4v) is 2.44. The fourth-order valence-electron chi connectivity index (χ4n) is 1.15. The van der Waals surface area contributed by atoms with Gasteiger partial charge in [-0.1, -0.05) is 0 Å². The number of carbonyl (C=O) groups is 2. The minimum atomic E-state index is -0.669. The fraction of sp³-hybridized carbons (Fsp3) is 0.500. The van der Waals surface area contributed by atoms with Crippen molar-refractivity contribution in [2.45, 2.75) is 39.3 Å². The van der Waals surface area contributed by atoms with Gasteiger partial charge in [-0.2, -0.15) is 0 Å². The van der Waals surface area contributed by atoms with Crippen LogP contribution in [-0.2, 0) is 9.53 Å². The smallest absolute Gasteiger partial charge is 0.328 e. The van der Waals surface area contributed by atoms with Gasteiger partial charge >= 0.3 is 5.97 Å². The molecule has 0 aliphatic carbocycles. The summed E-state index contributed by atoms with van der Waals surface area (Å²) in [5.41, 5.74) is -0.554. The zero-order valence-corrected chi connectivity index (χ0v) is 13.1. The second-order valence-electron chi connectivity index (χ2n) is 4.83. The first-order valence-electron chi connectivity index (χ1n) is 5.48. The maximum Gasteiger partial charge on any atom is 0.328 e. The van der Waals surface area contributed by atoms with E-state index in [1.54, 1.807) is 39.8 Å². The monoisotopic (exact) mass is 333 g/mol. The summed E-state index contributed by atoms with van der Waals surface area (Å²) in [6.07, 6.45) is 0. The molecule has 1 rings (SSSR count). The van der Waals surface area contributed by atoms with Crippen LogP contribution < -0.4 is 5.32 Å². The van der Waals surface area contributed by atoms with E-state index in [9.17, 15) is 9.59 Å². The predicted octanol–water partition coefficient (Wildman–Crippen LogP) is 2.97. The van der Waals surface area contributed by atoms with E-state index in [4.69, 9.17) is 4.74 Å². The zero-order chi connectivity index (χ0) is 13.9. The van der Waals surface area contributed by atoms with Crippen LogP contribution in [0.1, 0.15) is 37.4 Å². The number of carbonyl (C=O) groups excluding carboxylic acids is 2. The van der Waals surface area contributed by atoms with Gasteiger partial charge in [0.15, 0.2) is 0 Å². The molecule has 1 N–H and O–H groups in total. The van der Waals surface area contributed by atoms with Crippen LogP contribution in [0.2, 0.25) is 0 Å². The van der Waals surface area contributed by atoms with Crippen molar-refractivity contribution in [3.63, 3.8) is 0 Å². The van der Waals surface area contributed by atoms with E-state index in [1.807, 2.05) is 0 Å². The van der Waals surface area contributed by atoms with Gasteiger partial charge in [-0.3, -0.25) is 4.79 Å². The van der Waals surface area contributed by atoms with Gasteiger partial charge in [-0.15, -0.1) is 11.3 Å². The molecule has 1 aromatic rings. The van der Waals surface area contributed by atoms with Crippen LogP contribution in [0.25, 0.3) is 0 Å². The highest BCUT2D eigenvalue weighted by Gasteiger charge is 2.23. The molecule has 0 bridgehead atoms. The molecule has 6 heteroatoms. The Morgan fingerprint density at radius 3 is 2.44 bits per heavy atom. The van der Waals surface area contributed by atoms with Gasteiger partial charge < -0.3 is 10.1 Å². The van der Waals surface area contributed by atoms with Gasteiger partial charge in [0.2, 0.25) is 0 Å². The van der Waals surface area contributed by atoms with E-state index in [0.717, 1.165) is 3.79 Å². The van der Waals surface area contributed by atoms with Crippen molar-refractivity contribution in [3.8, 4) is 0 Å². The number of nitrogens with one attached hydrogen (secondary N) is 1. The Bertz CT molecular complexity index is 450. The van der Waals surface area contributed by atoms with Crippen LogP contribution in [0.4, 0.5) is 0 Å². The quantitative estimate of drug-likeness (QED) is 0.865. The minimum absolute atomic E-state index is 0.274. The number of hydrogen-bond acceptors (Lipinski definition) is 4. The second kappa shape index (κ2) is 5.84. The van der Waals surface area contributed by atoms with Gasteiger partial charge in [0, 0.05) is 0 Å². The normalized spacial score (nSPS) is 12.9. The molecule has 0 radical (unpaired) electrons. The molecule has 0 spiro atoms. The largest absolute Gasteiger partial charge is 0.458 e. The second-order valence-corrected chi connectivity index (χ2v) is 7.30. The number of amides is 1. The van der Waals surface area contributed by atoms with Crippen molar-refractivity contribution in [3.05, 3.63) is 20.8 Å². The van der Waals surface area contributed by atoms with Crippen molar-refractivity contribution in [1.82, 2.24) is 5.32 Å². The summed E-state index contributed by atoms with van der Waals surface area (Å²) in [5.74, 6) is -0.712. The standard InChI is InChI=1S/C12H16BrNO3S/c1-7(11(16)17-12(2,3)4)14-10(15)8-5-6-9(13)18-8/h5-7H,1-4H3,(H,14,15)/t7-/m1/s1. The van der Waals surface area contributed by atoms with Gasteiger partial charge in [-0.25, -0.2) is 4.79 Å². The molecular formula is C12H16BrNO3S. The molecule has 0 aliphatic heterocycles. The summed E-state index contributed by atoms with van der Waals surface area (Å²) in [4.78, 5) is 24.1. The van der Waals surface area contributed by atoms with Crippen LogP contribution in [0, 0.1) is 0 Å². The van der Waals surface area contributed by atoms with Crippen LogP contribution >= 0.6 is 27.3 Å². The number of ether oxygens (including phenoxy) is 1. The van der Waals surface area contributed by atoms with Crippen molar-refractivity contribution in [1.29, 1.82) is 0 Å². The first-order valence-corrected chi connectivity index (χ1v) is 7.09. The highest BCUT2D eigenvalue weighted by atomic mass is 79.9. The van der Waals surface area contributed by atoms with Gasteiger partial charge in [0.05, 0.1) is 8.66 Å². The lowest BCUT2D eigenvalue weighted by Gasteiger charge is -2.22. The van der Waals surface area contributed by atoms with E-state index >= 15 is 0 Å².